The second-order valence-corrected chi connectivity index (χ2v) is 6.64. The lowest BCUT2D eigenvalue weighted by atomic mass is 10.1. The van der Waals surface area contributed by atoms with Crippen LogP contribution in [0.15, 0.2) is 96.1 Å². The Labute approximate surface area is 169 Å². The summed E-state index contributed by atoms with van der Waals surface area (Å²) in [6.45, 7) is 2.02. The smallest absolute Gasteiger partial charge is 0.265 e. The molecule has 5 nitrogen and oxygen atoms in total. The van der Waals surface area contributed by atoms with Gasteiger partial charge in [-0.05, 0) is 30.7 Å². The van der Waals surface area contributed by atoms with Gasteiger partial charge in [-0.1, -0.05) is 78.4 Å². The number of hydrazone groups is 1. The fraction of sp³-hybridized carbons (Fsp3) is 0.0417. The summed E-state index contributed by atoms with van der Waals surface area (Å²) >= 11 is 0. The Balaban J connectivity index is 1.61. The van der Waals surface area contributed by atoms with Crippen molar-refractivity contribution in [1.82, 2.24) is 15.2 Å². The summed E-state index contributed by atoms with van der Waals surface area (Å²) in [5.41, 5.74) is 7.64. The Hall–Kier alpha value is -3.99. The van der Waals surface area contributed by atoms with E-state index in [1.54, 1.807) is 17.0 Å². The molecule has 4 aromatic rings. The van der Waals surface area contributed by atoms with Crippen LogP contribution < -0.4 is 5.43 Å². The van der Waals surface area contributed by atoms with Gasteiger partial charge < -0.3 is 0 Å². The Morgan fingerprint density at radius 2 is 1.59 bits per heavy atom. The number of aromatic nitrogens is 2. The molecule has 0 atom stereocenters. The molecule has 0 saturated heterocycles. The zero-order valence-corrected chi connectivity index (χ0v) is 16.0. The Kier molecular flexibility index (Phi) is 5.29. The highest BCUT2D eigenvalue weighted by Crippen LogP contribution is 2.23. The number of amides is 1. The number of rotatable bonds is 5. The number of hydrogen-bond donors (Lipinski definition) is 1. The number of nitrogens with zero attached hydrogens (tertiary/aromatic N) is 3. The summed E-state index contributed by atoms with van der Waals surface area (Å²) in [4.78, 5) is 12.6. The number of hydrogen-bond acceptors (Lipinski definition) is 3. The van der Waals surface area contributed by atoms with E-state index in [1.165, 1.54) is 5.56 Å². The Bertz CT molecular complexity index is 1070. The van der Waals surface area contributed by atoms with E-state index in [4.69, 9.17) is 0 Å². The molecular formula is C24H20N4O. The predicted molar refractivity (Wildman–Crippen MR) is 115 cm³/mol. The van der Waals surface area contributed by atoms with Crippen LogP contribution in [0, 0.1) is 6.92 Å². The summed E-state index contributed by atoms with van der Waals surface area (Å²) in [5, 5.41) is 8.58. The summed E-state index contributed by atoms with van der Waals surface area (Å²) in [5.74, 6) is -0.361. The average Bonchev–Trinajstić information content (AvgIpc) is 3.22. The van der Waals surface area contributed by atoms with E-state index in [9.17, 15) is 4.79 Å². The zero-order chi connectivity index (χ0) is 20.1. The zero-order valence-electron chi connectivity index (χ0n) is 16.0. The third-order valence-corrected chi connectivity index (χ3v) is 4.47. The normalized spacial score (nSPS) is 10.9. The Morgan fingerprint density at radius 1 is 0.931 bits per heavy atom. The van der Waals surface area contributed by atoms with E-state index in [0.29, 0.717) is 5.69 Å². The molecule has 0 radical (unpaired) electrons. The molecule has 1 heterocycles. The van der Waals surface area contributed by atoms with Crippen molar-refractivity contribution in [1.29, 1.82) is 0 Å². The largest absolute Gasteiger partial charge is 0.291 e. The molecule has 0 aliphatic carbocycles. The van der Waals surface area contributed by atoms with Crippen molar-refractivity contribution >= 4 is 12.1 Å². The lowest BCUT2D eigenvalue weighted by Crippen LogP contribution is -2.18. The highest BCUT2D eigenvalue weighted by Gasteiger charge is 2.16. The van der Waals surface area contributed by atoms with Gasteiger partial charge in [-0.25, -0.2) is 10.1 Å². The van der Waals surface area contributed by atoms with Gasteiger partial charge in [-0.15, -0.1) is 0 Å². The van der Waals surface area contributed by atoms with Gasteiger partial charge in [0.25, 0.3) is 5.91 Å². The monoisotopic (exact) mass is 380 g/mol. The SMILES string of the molecule is Cc1ccc(/C=N/NC(=O)c2cc(-c3ccccc3)n(-c3ccccc3)n2)cc1. The summed E-state index contributed by atoms with van der Waals surface area (Å²) in [6, 6.07) is 29.3. The average molecular weight is 380 g/mol. The number of carbonyl (C=O) groups is 1. The van der Waals surface area contributed by atoms with Crippen molar-refractivity contribution in [2.45, 2.75) is 6.92 Å². The minimum Gasteiger partial charge on any atom is -0.265 e. The fourth-order valence-corrected chi connectivity index (χ4v) is 2.95. The lowest BCUT2D eigenvalue weighted by molar-refractivity contribution is 0.0949. The molecule has 5 heteroatoms. The number of aryl methyl sites for hydroxylation is 1. The molecule has 1 amide bonds. The van der Waals surface area contributed by atoms with Crippen LogP contribution in [0.5, 0.6) is 0 Å². The van der Waals surface area contributed by atoms with Crippen LogP contribution in [-0.2, 0) is 0 Å². The standard InChI is InChI=1S/C24H20N4O/c1-18-12-14-19(15-13-18)17-25-26-24(29)22-16-23(20-8-4-2-5-9-20)28(27-22)21-10-6-3-7-11-21/h2-17H,1H3,(H,26,29)/b25-17+. The molecule has 3 aromatic carbocycles. The molecule has 0 spiro atoms. The van der Waals surface area contributed by atoms with E-state index in [-0.39, 0.29) is 5.91 Å². The third-order valence-electron chi connectivity index (χ3n) is 4.47. The van der Waals surface area contributed by atoms with Crippen LogP contribution in [0.25, 0.3) is 16.9 Å². The highest BCUT2D eigenvalue weighted by molar-refractivity contribution is 5.94. The van der Waals surface area contributed by atoms with Crippen molar-refractivity contribution in [3.63, 3.8) is 0 Å². The minimum absolute atomic E-state index is 0.300. The molecule has 0 aliphatic heterocycles. The third kappa shape index (κ3) is 4.30. The van der Waals surface area contributed by atoms with Crippen molar-refractivity contribution in [3.8, 4) is 16.9 Å². The first-order chi connectivity index (χ1) is 14.2. The van der Waals surface area contributed by atoms with Crippen LogP contribution in [-0.4, -0.2) is 21.9 Å². The first-order valence-electron chi connectivity index (χ1n) is 9.32. The molecule has 1 N–H and O–H groups in total. The molecule has 0 aliphatic rings. The van der Waals surface area contributed by atoms with Crippen molar-refractivity contribution in [2.24, 2.45) is 5.10 Å². The maximum Gasteiger partial charge on any atom is 0.291 e. The number of carbonyl (C=O) groups excluding carboxylic acids is 1. The van der Waals surface area contributed by atoms with Gasteiger partial charge in [-0.3, -0.25) is 4.79 Å². The number of benzene rings is 3. The summed E-state index contributed by atoms with van der Waals surface area (Å²) in [6.07, 6.45) is 1.61. The van der Waals surface area contributed by atoms with Gasteiger partial charge in [0.05, 0.1) is 17.6 Å². The van der Waals surface area contributed by atoms with Gasteiger partial charge in [0, 0.05) is 5.56 Å². The first-order valence-corrected chi connectivity index (χ1v) is 9.32. The first kappa shape index (κ1) is 18.4. The minimum atomic E-state index is -0.361. The number of nitrogens with one attached hydrogen (secondary N) is 1. The van der Waals surface area contributed by atoms with Gasteiger partial charge in [-0.2, -0.15) is 10.2 Å². The summed E-state index contributed by atoms with van der Waals surface area (Å²) in [7, 11) is 0. The molecule has 1 aromatic heterocycles. The second-order valence-electron chi connectivity index (χ2n) is 6.64. The molecule has 0 saturated carbocycles. The summed E-state index contributed by atoms with van der Waals surface area (Å²) < 4.78 is 1.77. The second kappa shape index (κ2) is 8.35. The van der Waals surface area contributed by atoms with Crippen LogP contribution >= 0.6 is 0 Å². The molecule has 4 rings (SSSR count). The molecule has 0 unspecified atom stereocenters. The quantitative estimate of drug-likeness (QED) is 0.406. The van der Waals surface area contributed by atoms with Gasteiger partial charge in [0.15, 0.2) is 5.69 Å². The molecular weight excluding hydrogens is 360 g/mol. The van der Waals surface area contributed by atoms with Gasteiger partial charge in [0.2, 0.25) is 0 Å². The predicted octanol–water partition coefficient (Wildman–Crippen LogP) is 4.61. The maximum absolute atomic E-state index is 12.6. The Morgan fingerprint density at radius 3 is 2.28 bits per heavy atom. The van der Waals surface area contributed by atoms with Crippen LogP contribution in [0.1, 0.15) is 21.6 Å². The molecule has 29 heavy (non-hydrogen) atoms. The van der Waals surface area contributed by atoms with E-state index in [2.05, 4.69) is 15.6 Å². The lowest BCUT2D eigenvalue weighted by Gasteiger charge is -2.07. The molecule has 0 bridgehead atoms. The maximum atomic E-state index is 12.6. The van der Waals surface area contributed by atoms with Crippen molar-refractivity contribution in [2.75, 3.05) is 0 Å². The van der Waals surface area contributed by atoms with E-state index >= 15 is 0 Å². The van der Waals surface area contributed by atoms with Gasteiger partial charge >= 0.3 is 0 Å². The highest BCUT2D eigenvalue weighted by atomic mass is 16.2. The number of para-hydroxylation sites is 1. The van der Waals surface area contributed by atoms with E-state index in [0.717, 1.165) is 22.5 Å². The van der Waals surface area contributed by atoms with Crippen molar-refractivity contribution in [3.05, 3.63) is 108 Å². The van der Waals surface area contributed by atoms with Crippen LogP contribution in [0.2, 0.25) is 0 Å². The van der Waals surface area contributed by atoms with Gasteiger partial charge in [0.1, 0.15) is 0 Å². The van der Waals surface area contributed by atoms with Crippen LogP contribution in [0.3, 0.4) is 0 Å². The van der Waals surface area contributed by atoms with Crippen LogP contribution in [0.4, 0.5) is 0 Å². The fourth-order valence-electron chi connectivity index (χ4n) is 2.95. The van der Waals surface area contributed by atoms with Crippen molar-refractivity contribution < 1.29 is 4.79 Å². The van der Waals surface area contributed by atoms with E-state index < -0.39 is 0 Å². The molecule has 142 valence electrons. The topological polar surface area (TPSA) is 59.3 Å². The molecule has 0 fully saturated rings. The van der Waals surface area contributed by atoms with E-state index in [1.807, 2.05) is 91.9 Å².